The van der Waals surface area contributed by atoms with Gasteiger partial charge in [-0.15, -0.1) is 0 Å². The van der Waals surface area contributed by atoms with Crippen LogP contribution in [0.15, 0.2) is 30.6 Å². The summed E-state index contributed by atoms with van der Waals surface area (Å²) in [5.41, 5.74) is 8.33. The molecule has 19 heavy (non-hydrogen) atoms. The molecule has 3 rings (SSSR count). The lowest BCUT2D eigenvalue weighted by Gasteiger charge is -2.29. The Morgan fingerprint density at radius 2 is 2.21 bits per heavy atom. The number of para-hydroxylation sites is 1. The lowest BCUT2D eigenvalue weighted by atomic mass is 9.91. The highest BCUT2D eigenvalue weighted by Crippen LogP contribution is 2.37. The Kier molecular flexibility index (Phi) is 2.89. The summed E-state index contributed by atoms with van der Waals surface area (Å²) >= 11 is 0. The third kappa shape index (κ3) is 2.05. The van der Waals surface area contributed by atoms with Gasteiger partial charge in [0.2, 0.25) is 0 Å². The maximum atomic E-state index is 12.9. The van der Waals surface area contributed by atoms with Gasteiger partial charge in [-0.2, -0.15) is 5.10 Å². The molecule has 1 aromatic heterocycles. The SMILES string of the molecule is COc1c(N)cccc1-c1cnn([C@H]2C[C@H](F)C2)c1. The Labute approximate surface area is 111 Å². The molecule has 4 nitrogen and oxygen atoms in total. The monoisotopic (exact) mass is 261 g/mol. The van der Waals surface area contributed by atoms with E-state index in [0.717, 1.165) is 11.1 Å². The van der Waals surface area contributed by atoms with Crippen molar-refractivity contribution in [1.29, 1.82) is 0 Å². The van der Waals surface area contributed by atoms with Crippen LogP contribution in [0.2, 0.25) is 0 Å². The quantitative estimate of drug-likeness (QED) is 0.864. The van der Waals surface area contributed by atoms with Crippen LogP contribution in [0.5, 0.6) is 5.75 Å². The second-order valence-electron chi connectivity index (χ2n) is 4.86. The van der Waals surface area contributed by atoms with E-state index in [1.54, 1.807) is 19.4 Å². The van der Waals surface area contributed by atoms with Crippen molar-refractivity contribution in [3.8, 4) is 16.9 Å². The van der Waals surface area contributed by atoms with E-state index in [4.69, 9.17) is 10.5 Å². The Bertz CT molecular complexity index is 590. The standard InChI is InChI=1S/C14H16FN3O/c1-19-14-12(3-2-4-13(14)16)9-7-17-18(8-9)11-5-10(15)6-11/h2-4,7-8,10-11H,5-6,16H2,1H3/t10-,11-. The van der Waals surface area contributed by atoms with Crippen LogP contribution in [0.1, 0.15) is 18.9 Å². The topological polar surface area (TPSA) is 53.1 Å². The fourth-order valence-corrected chi connectivity index (χ4v) is 2.42. The van der Waals surface area contributed by atoms with Crippen molar-refractivity contribution in [2.45, 2.75) is 25.1 Å². The number of methoxy groups -OCH3 is 1. The number of nitrogen functional groups attached to an aromatic ring is 1. The molecule has 0 atom stereocenters. The third-order valence-corrected chi connectivity index (χ3v) is 3.59. The van der Waals surface area contributed by atoms with E-state index in [-0.39, 0.29) is 6.04 Å². The van der Waals surface area contributed by atoms with Crippen molar-refractivity contribution in [3.05, 3.63) is 30.6 Å². The van der Waals surface area contributed by atoms with Gasteiger partial charge in [0, 0.05) is 30.2 Å². The molecule has 0 unspecified atom stereocenters. The fourth-order valence-electron chi connectivity index (χ4n) is 2.42. The fraction of sp³-hybridized carbons (Fsp3) is 0.357. The molecule has 0 saturated heterocycles. The van der Waals surface area contributed by atoms with E-state index in [9.17, 15) is 4.39 Å². The third-order valence-electron chi connectivity index (χ3n) is 3.59. The van der Waals surface area contributed by atoms with Crippen LogP contribution in [0.3, 0.4) is 0 Å². The predicted octanol–water partition coefficient (Wildman–Crippen LogP) is 2.81. The summed E-state index contributed by atoms with van der Waals surface area (Å²) in [6.45, 7) is 0. The van der Waals surface area contributed by atoms with Crippen molar-refractivity contribution in [1.82, 2.24) is 9.78 Å². The first-order valence-electron chi connectivity index (χ1n) is 6.30. The van der Waals surface area contributed by atoms with Crippen LogP contribution in [0.25, 0.3) is 11.1 Å². The largest absolute Gasteiger partial charge is 0.494 e. The lowest BCUT2D eigenvalue weighted by molar-refractivity contribution is 0.128. The van der Waals surface area contributed by atoms with Crippen LogP contribution < -0.4 is 10.5 Å². The minimum Gasteiger partial charge on any atom is -0.494 e. The van der Waals surface area contributed by atoms with Gasteiger partial charge in [-0.05, 0) is 6.07 Å². The van der Waals surface area contributed by atoms with Crippen molar-refractivity contribution in [3.63, 3.8) is 0 Å². The van der Waals surface area contributed by atoms with Crippen LogP contribution in [0.4, 0.5) is 10.1 Å². The zero-order chi connectivity index (χ0) is 13.4. The Hall–Kier alpha value is -2.04. The van der Waals surface area contributed by atoms with E-state index >= 15 is 0 Å². The number of hydrogen-bond donors (Lipinski definition) is 1. The van der Waals surface area contributed by atoms with E-state index in [2.05, 4.69) is 5.10 Å². The summed E-state index contributed by atoms with van der Waals surface area (Å²) in [5, 5.41) is 4.31. The molecular formula is C14H16FN3O. The summed E-state index contributed by atoms with van der Waals surface area (Å²) in [6.07, 6.45) is 4.11. The van der Waals surface area contributed by atoms with Crippen LogP contribution in [-0.4, -0.2) is 23.1 Å². The van der Waals surface area contributed by atoms with Crippen LogP contribution >= 0.6 is 0 Å². The second-order valence-corrected chi connectivity index (χ2v) is 4.86. The summed E-state index contributed by atoms with van der Waals surface area (Å²) < 4.78 is 20.0. The molecular weight excluding hydrogens is 245 g/mol. The maximum Gasteiger partial charge on any atom is 0.149 e. The minimum absolute atomic E-state index is 0.177. The zero-order valence-electron chi connectivity index (χ0n) is 10.7. The molecule has 0 spiro atoms. The summed E-state index contributed by atoms with van der Waals surface area (Å²) in [7, 11) is 1.60. The van der Waals surface area contributed by atoms with E-state index in [0.29, 0.717) is 24.3 Å². The Morgan fingerprint density at radius 3 is 2.89 bits per heavy atom. The molecule has 1 fully saturated rings. The molecule has 0 radical (unpaired) electrons. The van der Waals surface area contributed by atoms with Crippen LogP contribution in [0, 0.1) is 0 Å². The number of nitrogens with two attached hydrogens (primary N) is 1. The van der Waals surface area contributed by atoms with Gasteiger partial charge in [0.05, 0.1) is 25.0 Å². The summed E-state index contributed by atoms with van der Waals surface area (Å²) in [5.74, 6) is 0.652. The molecule has 2 aromatic rings. The maximum absolute atomic E-state index is 12.9. The first-order valence-corrected chi connectivity index (χ1v) is 6.30. The molecule has 2 N–H and O–H groups in total. The van der Waals surface area contributed by atoms with Gasteiger partial charge in [0.1, 0.15) is 11.9 Å². The molecule has 1 aromatic carbocycles. The van der Waals surface area contributed by atoms with Gasteiger partial charge >= 0.3 is 0 Å². The molecule has 0 amide bonds. The van der Waals surface area contributed by atoms with Gasteiger partial charge in [-0.3, -0.25) is 4.68 Å². The Morgan fingerprint density at radius 1 is 1.42 bits per heavy atom. The Balaban J connectivity index is 1.92. The van der Waals surface area contributed by atoms with E-state index < -0.39 is 6.17 Å². The number of ether oxygens (including phenoxy) is 1. The first-order chi connectivity index (χ1) is 9.19. The van der Waals surface area contributed by atoms with Gasteiger partial charge in [-0.1, -0.05) is 12.1 Å². The molecule has 100 valence electrons. The average Bonchev–Trinajstić information content (AvgIpc) is 2.83. The van der Waals surface area contributed by atoms with Crippen molar-refractivity contribution in [2.24, 2.45) is 0 Å². The van der Waals surface area contributed by atoms with Gasteiger partial charge in [0.15, 0.2) is 0 Å². The highest BCUT2D eigenvalue weighted by atomic mass is 19.1. The average molecular weight is 261 g/mol. The second kappa shape index (κ2) is 4.57. The van der Waals surface area contributed by atoms with Crippen molar-refractivity contribution < 1.29 is 9.13 Å². The van der Waals surface area contributed by atoms with E-state index in [1.807, 2.05) is 23.0 Å². The van der Waals surface area contributed by atoms with Crippen molar-refractivity contribution >= 4 is 5.69 Å². The number of halogens is 1. The van der Waals surface area contributed by atoms with Gasteiger partial charge in [0.25, 0.3) is 0 Å². The highest BCUT2D eigenvalue weighted by molar-refractivity contribution is 5.76. The predicted molar refractivity (Wildman–Crippen MR) is 71.8 cm³/mol. The number of nitrogens with zero attached hydrogens (tertiary/aromatic N) is 2. The minimum atomic E-state index is -0.681. The number of hydrogen-bond acceptors (Lipinski definition) is 3. The van der Waals surface area contributed by atoms with Crippen molar-refractivity contribution in [2.75, 3.05) is 12.8 Å². The first kappa shape index (κ1) is 12.0. The molecule has 1 heterocycles. The molecule has 1 aliphatic rings. The van der Waals surface area contributed by atoms with Gasteiger partial charge in [-0.25, -0.2) is 4.39 Å². The molecule has 5 heteroatoms. The number of aromatic nitrogens is 2. The molecule has 0 bridgehead atoms. The normalized spacial score (nSPS) is 22.0. The summed E-state index contributed by atoms with van der Waals surface area (Å²) in [4.78, 5) is 0. The zero-order valence-corrected chi connectivity index (χ0v) is 10.7. The number of anilines is 1. The number of benzene rings is 1. The van der Waals surface area contributed by atoms with Gasteiger partial charge < -0.3 is 10.5 Å². The molecule has 1 saturated carbocycles. The molecule has 0 aliphatic heterocycles. The molecule has 1 aliphatic carbocycles. The number of rotatable bonds is 3. The van der Waals surface area contributed by atoms with Crippen LogP contribution in [-0.2, 0) is 0 Å². The summed E-state index contributed by atoms with van der Waals surface area (Å²) in [6, 6.07) is 5.79. The lowest BCUT2D eigenvalue weighted by Crippen LogP contribution is -2.28. The smallest absolute Gasteiger partial charge is 0.149 e. The highest BCUT2D eigenvalue weighted by Gasteiger charge is 2.31. The number of alkyl halides is 1. The van der Waals surface area contributed by atoms with E-state index in [1.165, 1.54) is 0 Å².